The van der Waals surface area contributed by atoms with Crippen LogP contribution >= 0.6 is 11.8 Å². The van der Waals surface area contributed by atoms with Gasteiger partial charge < -0.3 is 4.57 Å². The third-order valence-electron chi connectivity index (χ3n) is 5.75. The maximum atomic E-state index is 13.0. The zero-order valence-corrected chi connectivity index (χ0v) is 17.4. The highest BCUT2D eigenvalue weighted by atomic mass is 32.2. The Labute approximate surface area is 160 Å². The van der Waals surface area contributed by atoms with Gasteiger partial charge in [0.05, 0.1) is 5.75 Å². The minimum atomic E-state index is 0.188. The molecule has 0 amide bonds. The molecule has 5 heteroatoms. The smallest absolute Gasteiger partial charge is 0.191 e. The van der Waals surface area contributed by atoms with Crippen LogP contribution in [0.5, 0.6) is 0 Å². The molecule has 1 aromatic heterocycles. The molecule has 0 N–H and O–H groups in total. The largest absolute Gasteiger partial charge is 0.303 e. The van der Waals surface area contributed by atoms with Gasteiger partial charge in [-0.1, -0.05) is 37.1 Å². The van der Waals surface area contributed by atoms with Crippen LogP contribution in [0.4, 0.5) is 0 Å². The van der Waals surface area contributed by atoms with Crippen molar-refractivity contribution in [2.75, 3.05) is 5.75 Å². The van der Waals surface area contributed by atoms with E-state index in [2.05, 4.69) is 34.7 Å². The molecule has 140 valence electrons. The van der Waals surface area contributed by atoms with Gasteiger partial charge in [-0.05, 0) is 69.7 Å². The number of aryl methyl sites for hydroxylation is 3. The second-order valence-electron chi connectivity index (χ2n) is 7.54. The highest BCUT2D eigenvalue weighted by Gasteiger charge is 2.23. The van der Waals surface area contributed by atoms with Gasteiger partial charge in [0.2, 0.25) is 0 Å². The third-order valence-corrected chi connectivity index (χ3v) is 6.70. The summed E-state index contributed by atoms with van der Waals surface area (Å²) in [5.74, 6) is 1.56. The van der Waals surface area contributed by atoms with Gasteiger partial charge >= 0.3 is 0 Å². The maximum Gasteiger partial charge on any atom is 0.191 e. The Morgan fingerprint density at radius 1 is 1.04 bits per heavy atom. The number of carbonyl (C=O) groups is 1. The zero-order chi connectivity index (χ0) is 18.8. The number of rotatable bonds is 5. The van der Waals surface area contributed by atoms with E-state index < -0.39 is 0 Å². The lowest BCUT2D eigenvalue weighted by atomic mass is 9.92. The number of aromatic nitrogens is 3. The van der Waals surface area contributed by atoms with E-state index in [1.54, 1.807) is 0 Å². The van der Waals surface area contributed by atoms with Gasteiger partial charge in [-0.25, -0.2) is 0 Å². The summed E-state index contributed by atoms with van der Waals surface area (Å²) < 4.78 is 2.26. The minimum absolute atomic E-state index is 0.188. The van der Waals surface area contributed by atoms with Crippen LogP contribution in [0.1, 0.15) is 76.6 Å². The summed E-state index contributed by atoms with van der Waals surface area (Å²) in [6.45, 7) is 10.3. The summed E-state index contributed by atoms with van der Waals surface area (Å²) in [6.07, 6.45) is 6.24. The lowest BCUT2D eigenvalue weighted by Crippen LogP contribution is -2.16. The van der Waals surface area contributed by atoms with Crippen molar-refractivity contribution in [1.82, 2.24) is 14.8 Å². The first-order chi connectivity index (χ1) is 12.4. The Balaban J connectivity index is 1.79. The summed E-state index contributed by atoms with van der Waals surface area (Å²) in [5, 5.41) is 9.54. The van der Waals surface area contributed by atoms with Crippen LogP contribution in [-0.4, -0.2) is 26.3 Å². The van der Waals surface area contributed by atoms with Gasteiger partial charge in [-0.15, -0.1) is 10.2 Å². The maximum absolute atomic E-state index is 13.0. The molecule has 1 aromatic carbocycles. The molecule has 0 aliphatic heterocycles. The number of hydrogen-bond donors (Lipinski definition) is 0. The summed E-state index contributed by atoms with van der Waals surface area (Å²) in [6, 6.07) is 2.65. The topological polar surface area (TPSA) is 47.8 Å². The van der Waals surface area contributed by atoms with Crippen molar-refractivity contribution in [2.45, 2.75) is 77.9 Å². The molecular weight excluding hydrogens is 342 g/mol. The molecule has 3 rings (SSSR count). The molecule has 0 atom stereocenters. The molecule has 0 spiro atoms. The molecule has 1 fully saturated rings. The van der Waals surface area contributed by atoms with Crippen LogP contribution in [0, 0.1) is 34.6 Å². The quantitative estimate of drug-likeness (QED) is 0.528. The lowest BCUT2D eigenvalue weighted by molar-refractivity contribution is 0.102. The first-order valence-electron chi connectivity index (χ1n) is 9.55. The Kier molecular flexibility index (Phi) is 5.86. The number of hydrogen-bond acceptors (Lipinski definition) is 4. The summed E-state index contributed by atoms with van der Waals surface area (Å²) in [7, 11) is 0. The van der Waals surface area contributed by atoms with Crippen molar-refractivity contribution in [3.05, 3.63) is 39.7 Å². The predicted molar refractivity (Wildman–Crippen MR) is 107 cm³/mol. The highest BCUT2D eigenvalue weighted by Crippen LogP contribution is 2.33. The Bertz CT molecular complexity index is 793. The molecule has 0 saturated heterocycles. The van der Waals surface area contributed by atoms with E-state index in [9.17, 15) is 4.79 Å². The lowest BCUT2D eigenvalue weighted by Gasteiger charge is -2.25. The summed E-state index contributed by atoms with van der Waals surface area (Å²) in [5.41, 5.74) is 5.45. The van der Waals surface area contributed by atoms with Crippen molar-refractivity contribution < 1.29 is 4.79 Å². The molecule has 1 saturated carbocycles. The van der Waals surface area contributed by atoms with E-state index in [1.165, 1.54) is 55.0 Å². The van der Waals surface area contributed by atoms with Gasteiger partial charge in [0.1, 0.15) is 5.82 Å². The van der Waals surface area contributed by atoms with E-state index in [-0.39, 0.29) is 5.78 Å². The Morgan fingerprint density at radius 3 is 2.27 bits per heavy atom. The molecule has 26 heavy (non-hydrogen) atoms. The van der Waals surface area contributed by atoms with E-state index in [1.807, 2.05) is 20.8 Å². The molecule has 0 bridgehead atoms. The van der Waals surface area contributed by atoms with E-state index in [0.29, 0.717) is 11.8 Å². The fourth-order valence-corrected chi connectivity index (χ4v) is 4.97. The molecule has 2 aromatic rings. The number of benzene rings is 1. The Hall–Kier alpha value is -1.62. The van der Waals surface area contributed by atoms with Crippen molar-refractivity contribution in [1.29, 1.82) is 0 Å². The highest BCUT2D eigenvalue weighted by molar-refractivity contribution is 7.99. The predicted octanol–water partition coefficient (Wildman–Crippen LogP) is 5.30. The first-order valence-corrected chi connectivity index (χ1v) is 10.5. The fourth-order valence-electron chi connectivity index (χ4n) is 4.05. The SMILES string of the molecule is Cc1cc(C)c(C)c(C(=O)CSc2nnc(C)n2C2CCCCC2)c1C. The van der Waals surface area contributed by atoms with Gasteiger partial charge in [-0.2, -0.15) is 0 Å². The molecule has 1 aliphatic rings. The van der Waals surface area contributed by atoms with Crippen molar-refractivity contribution in [2.24, 2.45) is 0 Å². The molecule has 0 unspecified atom stereocenters. The van der Waals surface area contributed by atoms with Gasteiger partial charge in [0.15, 0.2) is 10.9 Å². The van der Waals surface area contributed by atoms with Gasteiger partial charge in [0.25, 0.3) is 0 Å². The molecule has 1 aliphatic carbocycles. The molecule has 4 nitrogen and oxygen atoms in total. The zero-order valence-electron chi connectivity index (χ0n) is 16.6. The number of nitrogens with zero attached hydrogens (tertiary/aromatic N) is 3. The molecule has 1 heterocycles. The van der Waals surface area contributed by atoms with Crippen LogP contribution in [0.15, 0.2) is 11.2 Å². The minimum Gasteiger partial charge on any atom is -0.303 e. The average molecular weight is 372 g/mol. The summed E-state index contributed by atoms with van der Waals surface area (Å²) in [4.78, 5) is 13.0. The molecular formula is C21H29N3OS. The van der Waals surface area contributed by atoms with E-state index in [4.69, 9.17) is 0 Å². The summed E-state index contributed by atoms with van der Waals surface area (Å²) >= 11 is 1.53. The van der Waals surface area contributed by atoms with E-state index >= 15 is 0 Å². The van der Waals surface area contributed by atoms with E-state index in [0.717, 1.165) is 27.7 Å². The number of thioether (sulfide) groups is 1. The second kappa shape index (κ2) is 7.95. The van der Waals surface area contributed by atoms with Crippen molar-refractivity contribution in [3.63, 3.8) is 0 Å². The van der Waals surface area contributed by atoms with Crippen LogP contribution < -0.4 is 0 Å². The first kappa shape index (κ1) is 19.2. The second-order valence-corrected chi connectivity index (χ2v) is 8.48. The van der Waals surface area contributed by atoms with Gasteiger partial charge in [-0.3, -0.25) is 4.79 Å². The number of ketones is 1. The van der Waals surface area contributed by atoms with Crippen molar-refractivity contribution in [3.8, 4) is 0 Å². The van der Waals surface area contributed by atoms with Crippen LogP contribution in [0.2, 0.25) is 0 Å². The van der Waals surface area contributed by atoms with Crippen molar-refractivity contribution >= 4 is 17.5 Å². The standard InChI is InChI=1S/C21H29N3OS/c1-13-11-14(2)16(4)20(15(13)3)19(25)12-26-21-23-22-17(5)24(21)18-9-7-6-8-10-18/h11,18H,6-10,12H2,1-5H3. The Morgan fingerprint density at radius 2 is 1.65 bits per heavy atom. The molecule has 0 radical (unpaired) electrons. The average Bonchev–Trinajstić information content (AvgIpc) is 3.00. The third kappa shape index (κ3) is 3.73. The monoisotopic (exact) mass is 371 g/mol. The van der Waals surface area contributed by atoms with Gasteiger partial charge in [0, 0.05) is 11.6 Å². The fraction of sp³-hybridized carbons (Fsp3) is 0.571. The van der Waals surface area contributed by atoms with Crippen LogP contribution in [0.25, 0.3) is 0 Å². The normalized spacial score (nSPS) is 15.4. The van der Waals surface area contributed by atoms with Crippen LogP contribution in [0.3, 0.4) is 0 Å². The number of carbonyl (C=O) groups excluding carboxylic acids is 1. The van der Waals surface area contributed by atoms with Crippen LogP contribution in [-0.2, 0) is 0 Å². The number of Topliss-reactive ketones (excluding diaryl/α,β-unsaturated/α-hetero) is 1.